The largest absolute Gasteiger partial charge is 0.350 e. The zero-order valence-electron chi connectivity index (χ0n) is 10.1. The smallest absolute Gasteiger partial charge is 0.310 e. The summed E-state index contributed by atoms with van der Waals surface area (Å²) in [5.74, 6) is 0. The van der Waals surface area contributed by atoms with Gasteiger partial charge in [-0.2, -0.15) is 0 Å². The molecule has 0 aliphatic heterocycles. The van der Waals surface area contributed by atoms with Crippen LogP contribution in [0, 0.1) is 10.1 Å². The number of primary sulfonamides is 1. The maximum atomic E-state index is 11.1. The summed E-state index contributed by atoms with van der Waals surface area (Å²) < 4.78 is 22.2. The van der Waals surface area contributed by atoms with E-state index in [1.807, 2.05) is 0 Å². The number of anilines is 2. The molecule has 0 aliphatic rings. The van der Waals surface area contributed by atoms with Crippen LogP contribution in [0.5, 0.6) is 0 Å². The molecule has 1 heterocycles. The summed E-state index contributed by atoms with van der Waals surface area (Å²) >= 11 is 0. The molecule has 20 heavy (non-hydrogen) atoms. The van der Waals surface area contributed by atoms with Crippen LogP contribution < -0.4 is 10.5 Å². The highest BCUT2D eigenvalue weighted by Crippen LogP contribution is 2.26. The molecule has 0 saturated carbocycles. The number of hydrogen-bond donors (Lipinski definition) is 2. The molecule has 3 N–H and O–H groups in total. The molecule has 1 aromatic heterocycles. The summed E-state index contributed by atoms with van der Waals surface area (Å²) in [6.45, 7) is 0. The Labute approximate surface area is 114 Å². The van der Waals surface area contributed by atoms with Crippen molar-refractivity contribution in [2.24, 2.45) is 5.14 Å². The first kappa shape index (κ1) is 13.9. The lowest BCUT2D eigenvalue weighted by Crippen LogP contribution is -2.11. The van der Waals surface area contributed by atoms with Crippen molar-refractivity contribution in [1.82, 2.24) is 4.98 Å². The molecule has 0 fully saturated rings. The highest BCUT2D eigenvalue weighted by molar-refractivity contribution is 7.89. The summed E-state index contributed by atoms with van der Waals surface area (Å²) in [6, 6.07) is 6.99. The Balaban J connectivity index is 2.30. The van der Waals surface area contributed by atoms with Crippen LogP contribution in [-0.2, 0) is 10.0 Å². The number of aromatic nitrogens is 1. The van der Waals surface area contributed by atoms with Gasteiger partial charge in [0.05, 0.1) is 9.82 Å². The minimum Gasteiger partial charge on any atom is -0.350 e. The Morgan fingerprint density at radius 3 is 2.40 bits per heavy atom. The number of benzene rings is 1. The van der Waals surface area contributed by atoms with E-state index in [2.05, 4.69) is 10.3 Å². The monoisotopic (exact) mass is 294 g/mol. The first-order chi connectivity index (χ1) is 9.38. The normalized spacial score (nSPS) is 11.1. The maximum absolute atomic E-state index is 11.1. The topological polar surface area (TPSA) is 128 Å². The molecule has 0 unspecified atom stereocenters. The second-order valence-electron chi connectivity index (χ2n) is 3.84. The summed E-state index contributed by atoms with van der Waals surface area (Å²) in [5.41, 5.74) is 0.572. The minimum absolute atomic E-state index is 0.0349. The second kappa shape index (κ2) is 5.23. The Bertz CT molecular complexity index is 743. The van der Waals surface area contributed by atoms with Gasteiger partial charge in [0, 0.05) is 11.9 Å². The van der Waals surface area contributed by atoms with E-state index in [9.17, 15) is 18.5 Å². The van der Waals surface area contributed by atoms with Gasteiger partial charge in [-0.3, -0.25) is 15.1 Å². The van der Waals surface area contributed by atoms with Crippen molar-refractivity contribution >= 4 is 27.1 Å². The van der Waals surface area contributed by atoms with E-state index in [4.69, 9.17) is 5.14 Å². The average molecular weight is 294 g/mol. The number of nitrogens with two attached hydrogens (primary N) is 1. The van der Waals surface area contributed by atoms with E-state index in [0.29, 0.717) is 5.69 Å². The summed E-state index contributed by atoms with van der Waals surface area (Å²) in [4.78, 5) is 13.9. The Hall–Kier alpha value is -2.52. The lowest BCUT2D eigenvalue weighted by Gasteiger charge is -2.07. The fourth-order valence-corrected chi connectivity index (χ4v) is 2.04. The van der Waals surface area contributed by atoms with Crippen molar-refractivity contribution in [2.45, 2.75) is 4.90 Å². The highest BCUT2D eigenvalue weighted by Gasteiger charge is 2.13. The van der Waals surface area contributed by atoms with E-state index in [1.54, 1.807) is 0 Å². The third-order valence-corrected chi connectivity index (χ3v) is 3.39. The first-order valence-corrected chi connectivity index (χ1v) is 6.91. The van der Waals surface area contributed by atoms with Crippen LogP contribution >= 0.6 is 0 Å². The molecular formula is C11H10N4O4S. The van der Waals surface area contributed by atoms with Gasteiger partial charge in [0.1, 0.15) is 11.9 Å². The number of hydrogen-bond acceptors (Lipinski definition) is 6. The minimum atomic E-state index is -3.76. The number of sulfonamides is 1. The number of nitro groups is 1. The quantitative estimate of drug-likeness (QED) is 0.647. The van der Waals surface area contributed by atoms with E-state index in [-0.39, 0.29) is 16.3 Å². The molecule has 104 valence electrons. The molecule has 0 atom stereocenters. The van der Waals surface area contributed by atoms with Crippen LogP contribution in [0.2, 0.25) is 0 Å². The third kappa shape index (κ3) is 3.08. The van der Waals surface area contributed by atoms with Gasteiger partial charge >= 0.3 is 5.69 Å². The summed E-state index contributed by atoms with van der Waals surface area (Å²) in [6.07, 6.45) is 2.54. The van der Waals surface area contributed by atoms with Gasteiger partial charge in [-0.15, -0.1) is 0 Å². The van der Waals surface area contributed by atoms with Crippen LogP contribution in [0.1, 0.15) is 0 Å². The lowest BCUT2D eigenvalue weighted by atomic mass is 10.3. The lowest BCUT2D eigenvalue weighted by molar-refractivity contribution is -0.384. The molecule has 0 spiro atoms. The van der Waals surface area contributed by atoms with Gasteiger partial charge in [0.25, 0.3) is 0 Å². The molecule has 1 aromatic carbocycles. The summed E-state index contributed by atoms with van der Waals surface area (Å²) in [5, 5.41) is 18.6. The third-order valence-electron chi connectivity index (χ3n) is 2.46. The van der Waals surface area contributed by atoms with Gasteiger partial charge < -0.3 is 5.32 Å². The van der Waals surface area contributed by atoms with Gasteiger partial charge in [0.2, 0.25) is 10.0 Å². The van der Waals surface area contributed by atoms with E-state index in [1.165, 1.54) is 36.5 Å². The Morgan fingerprint density at radius 1 is 1.20 bits per heavy atom. The Morgan fingerprint density at radius 2 is 1.85 bits per heavy atom. The van der Waals surface area contributed by atoms with Gasteiger partial charge in [-0.05, 0) is 30.3 Å². The van der Waals surface area contributed by atoms with Gasteiger partial charge in [0.15, 0.2) is 0 Å². The molecule has 0 radical (unpaired) electrons. The van der Waals surface area contributed by atoms with Crippen molar-refractivity contribution in [1.29, 1.82) is 0 Å². The SMILES string of the molecule is NS(=O)(=O)c1ccc(Nc2ccncc2[N+](=O)[O-])cc1. The van der Waals surface area contributed by atoms with Crippen LogP contribution in [0.4, 0.5) is 17.1 Å². The number of pyridine rings is 1. The first-order valence-electron chi connectivity index (χ1n) is 5.36. The van der Waals surface area contributed by atoms with Crippen molar-refractivity contribution in [2.75, 3.05) is 5.32 Å². The molecule has 8 nitrogen and oxygen atoms in total. The van der Waals surface area contributed by atoms with Crippen LogP contribution in [0.3, 0.4) is 0 Å². The molecule has 0 aliphatic carbocycles. The van der Waals surface area contributed by atoms with Gasteiger partial charge in [-0.1, -0.05) is 0 Å². The molecular weight excluding hydrogens is 284 g/mol. The van der Waals surface area contributed by atoms with E-state index < -0.39 is 14.9 Å². The molecule has 0 amide bonds. The zero-order valence-corrected chi connectivity index (χ0v) is 10.9. The number of nitrogens with one attached hydrogen (secondary N) is 1. The number of rotatable bonds is 4. The van der Waals surface area contributed by atoms with E-state index in [0.717, 1.165) is 6.20 Å². The molecule has 9 heteroatoms. The highest BCUT2D eigenvalue weighted by atomic mass is 32.2. The van der Waals surface area contributed by atoms with E-state index >= 15 is 0 Å². The van der Waals surface area contributed by atoms with Crippen molar-refractivity contribution in [3.63, 3.8) is 0 Å². The second-order valence-corrected chi connectivity index (χ2v) is 5.41. The molecule has 2 rings (SSSR count). The van der Waals surface area contributed by atoms with Crippen LogP contribution in [-0.4, -0.2) is 18.3 Å². The maximum Gasteiger partial charge on any atom is 0.310 e. The zero-order chi connectivity index (χ0) is 14.8. The molecule has 0 saturated heterocycles. The summed E-state index contributed by atoms with van der Waals surface area (Å²) in [7, 11) is -3.76. The fourth-order valence-electron chi connectivity index (χ4n) is 1.52. The van der Waals surface area contributed by atoms with Crippen LogP contribution in [0.25, 0.3) is 0 Å². The van der Waals surface area contributed by atoms with Crippen molar-refractivity contribution in [3.05, 3.63) is 52.8 Å². The predicted molar refractivity (Wildman–Crippen MR) is 72.0 cm³/mol. The van der Waals surface area contributed by atoms with Crippen LogP contribution in [0.15, 0.2) is 47.6 Å². The number of nitrogens with zero attached hydrogens (tertiary/aromatic N) is 2. The predicted octanol–water partition coefficient (Wildman–Crippen LogP) is 1.38. The molecule has 2 aromatic rings. The Kier molecular flexibility index (Phi) is 3.63. The van der Waals surface area contributed by atoms with Gasteiger partial charge in [-0.25, -0.2) is 13.6 Å². The average Bonchev–Trinajstić information content (AvgIpc) is 2.38. The van der Waals surface area contributed by atoms with Crippen molar-refractivity contribution < 1.29 is 13.3 Å². The van der Waals surface area contributed by atoms with Crippen molar-refractivity contribution in [3.8, 4) is 0 Å². The fraction of sp³-hybridized carbons (Fsp3) is 0. The molecule has 0 bridgehead atoms. The standard InChI is InChI=1S/C11H10N4O4S/c12-20(18,19)9-3-1-8(2-4-9)14-10-5-6-13-7-11(10)15(16)17/h1-7H,(H,13,14)(H2,12,18,19).